The van der Waals surface area contributed by atoms with Crippen LogP contribution in [0.15, 0.2) is 18.2 Å². The number of rotatable bonds is 6. The van der Waals surface area contributed by atoms with E-state index in [1.807, 2.05) is 0 Å². The van der Waals surface area contributed by atoms with Crippen LogP contribution in [-0.4, -0.2) is 42.8 Å². The van der Waals surface area contributed by atoms with Crippen LogP contribution < -0.4 is 5.32 Å². The molecule has 0 aliphatic carbocycles. The Kier molecular flexibility index (Phi) is 5.67. The van der Waals surface area contributed by atoms with Gasteiger partial charge in [0.1, 0.15) is 11.6 Å². The first-order valence-corrected chi connectivity index (χ1v) is 7.53. The van der Waals surface area contributed by atoms with E-state index < -0.39 is 11.6 Å². The first kappa shape index (κ1) is 16.3. The number of halogens is 2. The Morgan fingerprint density at radius 3 is 2.57 bits per heavy atom. The van der Waals surface area contributed by atoms with E-state index in [1.165, 1.54) is 12.1 Å². The van der Waals surface area contributed by atoms with Crippen LogP contribution in [0.3, 0.4) is 0 Å². The Bertz CT molecular complexity index is 449. The molecule has 1 aliphatic rings. The molecule has 2 N–H and O–H groups in total. The zero-order valence-corrected chi connectivity index (χ0v) is 12.6. The molecular weight excluding hydrogens is 274 g/mol. The van der Waals surface area contributed by atoms with Crippen LogP contribution >= 0.6 is 0 Å². The minimum absolute atomic E-state index is 0.0922. The van der Waals surface area contributed by atoms with Gasteiger partial charge < -0.3 is 10.4 Å². The van der Waals surface area contributed by atoms with Crippen LogP contribution in [0, 0.1) is 17.6 Å². The quantitative estimate of drug-likeness (QED) is 0.846. The minimum Gasteiger partial charge on any atom is -0.395 e. The maximum Gasteiger partial charge on any atom is 0.126 e. The summed E-state index contributed by atoms with van der Waals surface area (Å²) in [5.41, 5.74) is 0.628. The van der Waals surface area contributed by atoms with Crippen LogP contribution in [-0.2, 0) is 0 Å². The third-order valence-electron chi connectivity index (χ3n) is 4.53. The van der Waals surface area contributed by atoms with E-state index in [2.05, 4.69) is 17.1 Å². The Hall–Kier alpha value is -1.04. The van der Waals surface area contributed by atoms with Gasteiger partial charge in [0.15, 0.2) is 0 Å². The van der Waals surface area contributed by atoms with E-state index in [0.717, 1.165) is 32.0 Å². The molecule has 0 bridgehead atoms. The highest BCUT2D eigenvalue weighted by atomic mass is 19.1. The molecule has 1 fully saturated rings. The van der Waals surface area contributed by atoms with Crippen molar-refractivity contribution >= 4 is 0 Å². The molecule has 1 aromatic rings. The summed E-state index contributed by atoms with van der Waals surface area (Å²) in [6.45, 7) is 4.10. The highest BCUT2D eigenvalue weighted by Gasteiger charge is 2.30. The van der Waals surface area contributed by atoms with Gasteiger partial charge in [-0.1, -0.05) is 6.92 Å². The average molecular weight is 298 g/mol. The summed E-state index contributed by atoms with van der Waals surface area (Å²) in [6, 6.07) is 3.75. The predicted molar refractivity (Wildman–Crippen MR) is 79.0 cm³/mol. The van der Waals surface area contributed by atoms with Gasteiger partial charge in [0.25, 0.3) is 0 Å². The van der Waals surface area contributed by atoms with Crippen LogP contribution in [0.4, 0.5) is 8.78 Å². The third-order valence-corrected chi connectivity index (χ3v) is 4.53. The molecule has 5 heteroatoms. The van der Waals surface area contributed by atoms with Crippen molar-refractivity contribution in [2.45, 2.75) is 31.8 Å². The van der Waals surface area contributed by atoms with Gasteiger partial charge in [-0.15, -0.1) is 0 Å². The molecule has 1 heterocycles. The molecule has 1 saturated heterocycles. The van der Waals surface area contributed by atoms with Gasteiger partial charge in [0.05, 0.1) is 6.61 Å². The zero-order chi connectivity index (χ0) is 15.4. The van der Waals surface area contributed by atoms with Crippen molar-refractivity contribution in [3.05, 3.63) is 35.4 Å². The molecule has 2 rings (SSSR count). The largest absolute Gasteiger partial charge is 0.395 e. The molecule has 1 aromatic carbocycles. The number of hydrogen-bond acceptors (Lipinski definition) is 3. The Morgan fingerprint density at radius 2 is 2.00 bits per heavy atom. The van der Waals surface area contributed by atoms with Crippen LogP contribution in [0.2, 0.25) is 0 Å². The lowest BCUT2D eigenvalue weighted by molar-refractivity contribution is 0.135. The first-order chi connectivity index (χ1) is 10.0. The smallest absolute Gasteiger partial charge is 0.126 e. The molecule has 0 saturated carbocycles. The molecule has 3 unspecified atom stereocenters. The molecule has 0 spiro atoms. The lowest BCUT2D eigenvalue weighted by Gasteiger charge is -2.27. The van der Waals surface area contributed by atoms with E-state index >= 15 is 0 Å². The van der Waals surface area contributed by atoms with E-state index in [9.17, 15) is 13.9 Å². The van der Waals surface area contributed by atoms with Gasteiger partial charge in [-0.3, -0.25) is 4.90 Å². The van der Waals surface area contributed by atoms with Gasteiger partial charge in [0, 0.05) is 24.7 Å². The number of nitrogens with one attached hydrogen (secondary N) is 1. The lowest BCUT2D eigenvalue weighted by atomic mass is 10.0. The summed E-state index contributed by atoms with van der Waals surface area (Å²) in [5, 5.41) is 12.6. The summed E-state index contributed by atoms with van der Waals surface area (Å²) >= 11 is 0. The van der Waals surface area contributed by atoms with Crippen molar-refractivity contribution in [3.8, 4) is 0 Å². The maximum atomic E-state index is 13.3. The molecule has 118 valence electrons. The minimum atomic E-state index is -0.548. The number of benzene rings is 1. The number of aliphatic hydroxyl groups excluding tert-OH is 1. The fraction of sp³-hybridized carbons (Fsp3) is 0.625. The Labute approximate surface area is 125 Å². The molecule has 0 aromatic heterocycles. The van der Waals surface area contributed by atoms with E-state index in [4.69, 9.17) is 0 Å². The second kappa shape index (κ2) is 7.29. The number of nitrogens with zero attached hydrogens (tertiary/aromatic N) is 1. The number of likely N-dealkylation sites (tertiary alicyclic amines) is 1. The van der Waals surface area contributed by atoms with Gasteiger partial charge in [-0.2, -0.15) is 0 Å². The van der Waals surface area contributed by atoms with Gasteiger partial charge >= 0.3 is 0 Å². The zero-order valence-electron chi connectivity index (χ0n) is 12.6. The number of aliphatic hydroxyl groups is 1. The first-order valence-electron chi connectivity index (χ1n) is 7.53. The van der Waals surface area contributed by atoms with Crippen LogP contribution in [0.5, 0.6) is 0 Å². The second-order valence-corrected chi connectivity index (χ2v) is 5.88. The van der Waals surface area contributed by atoms with Gasteiger partial charge in [-0.25, -0.2) is 8.78 Å². The molecule has 3 atom stereocenters. The highest BCUT2D eigenvalue weighted by molar-refractivity contribution is 5.21. The summed E-state index contributed by atoms with van der Waals surface area (Å²) in [5.74, 6) is -0.601. The van der Waals surface area contributed by atoms with Crippen molar-refractivity contribution in [2.24, 2.45) is 5.92 Å². The average Bonchev–Trinajstić information content (AvgIpc) is 2.79. The fourth-order valence-corrected chi connectivity index (χ4v) is 3.21. The summed E-state index contributed by atoms with van der Waals surface area (Å²) in [6.07, 6.45) is 1.84. The highest BCUT2D eigenvalue weighted by Crippen LogP contribution is 2.26. The van der Waals surface area contributed by atoms with Crippen LogP contribution in [0.1, 0.15) is 31.4 Å². The third kappa shape index (κ3) is 3.99. The van der Waals surface area contributed by atoms with Gasteiger partial charge in [0.2, 0.25) is 0 Å². The predicted octanol–water partition coefficient (Wildman–Crippen LogP) is 2.32. The molecule has 3 nitrogen and oxygen atoms in total. The van der Waals surface area contributed by atoms with Crippen molar-refractivity contribution in [1.82, 2.24) is 10.2 Å². The summed E-state index contributed by atoms with van der Waals surface area (Å²) in [7, 11) is 1.80. The maximum absolute atomic E-state index is 13.3. The molecule has 0 radical (unpaired) electrons. The Balaban J connectivity index is 1.99. The van der Waals surface area contributed by atoms with E-state index in [0.29, 0.717) is 11.5 Å². The molecular formula is C16H24F2N2O. The SMILES string of the molecule is CNC(CCN1CCC(C)C1CO)c1cc(F)cc(F)c1. The van der Waals surface area contributed by atoms with E-state index in [1.54, 1.807) is 7.05 Å². The second-order valence-electron chi connectivity index (χ2n) is 5.88. The molecule has 21 heavy (non-hydrogen) atoms. The van der Waals surface area contributed by atoms with Crippen molar-refractivity contribution < 1.29 is 13.9 Å². The van der Waals surface area contributed by atoms with E-state index in [-0.39, 0.29) is 18.7 Å². The van der Waals surface area contributed by atoms with Crippen molar-refractivity contribution in [1.29, 1.82) is 0 Å². The van der Waals surface area contributed by atoms with Crippen molar-refractivity contribution in [2.75, 3.05) is 26.7 Å². The van der Waals surface area contributed by atoms with Crippen LogP contribution in [0.25, 0.3) is 0 Å². The normalized spacial score (nSPS) is 24.4. The summed E-state index contributed by atoms with van der Waals surface area (Å²) < 4.78 is 26.6. The standard InChI is InChI=1S/C16H24F2N2O/c1-11-3-5-20(16(11)10-21)6-4-15(19-2)12-7-13(17)9-14(18)8-12/h7-9,11,15-16,19,21H,3-6,10H2,1-2H3. The topological polar surface area (TPSA) is 35.5 Å². The summed E-state index contributed by atoms with van der Waals surface area (Å²) in [4.78, 5) is 2.27. The molecule has 0 amide bonds. The number of hydrogen-bond donors (Lipinski definition) is 2. The Morgan fingerprint density at radius 1 is 1.33 bits per heavy atom. The van der Waals surface area contributed by atoms with Crippen molar-refractivity contribution in [3.63, 3.8) is 0 Å². The fourth-order valence-electron chi connectivity index (χ4n) is 3.21. The van der Waals surface area contributed by atoms with Gasteiger partial charge in [-0.05, 0) is 50.0 Å². The monoisotopic (exact) mass is 298 g/mol. The molecule has 1 aliphatic heterocycles. The lowest BCUT2D eigenvalue weighted by Crippen LogP contribution is -2.37.